The van der Waals surface area contributed by atoms with Crippen molar-refractivity contribution in [1.29, 1.82) is 0 Å². The first-order valence-electron chi connectivity index (χ1n) is 8.62. The van der Waals surface area contributed by atoms with Gasteiger partial charge < -0.3 is 14.6 Å². The molecule has 0 saturated carbocycles. The minimum Gasteiger partial charge on any atom is -0.376 e. The molecule has 2 aromatic rings. The SMILES string of the molecule is CCCn1c(SCC(=O)NCC2CCCO2)nnc1-c1ccncc1. The highest BCUT2D eigenvalue weighted by Gasteiger charge is 2.18. The summed E-state index contributed by atoms with van der Waals surface area (Å²) in [6, 6.07) is 3.83. The van der Waals surface area contributed by atoms with E-state index in [-0.39, 0.29) is 12.0 Å². The van der Waals surface area contributed by atoms with E-state index in [0.717, 1.165) is 49.0 Å². The summed E-state index contributed by atoms with van der Waals surface area (Å²) in [5, 5.41) is 12.3. The van der Waals surface area contributed by atoms with Crippen molar-refractivity contribution in [2.45, 2.75) is 44.0 Å². The third-order valence-corrected chi connectivity index (χ3v) is 4.95. The lowest BCUT2D eigenvalue weighted by molar-refractivity contribution is -0.119. The van der Waals surface area contributed by atoms with Crippen molar-refractivity contribution in [3.8, 4) is 11.4 Å². The van der Waals surface area contributed by atoms with Crippen LogP contribution in [0.25, 0.3) is 11.4 Å². The standard InChI is InChI=1S/C17H23N5O2S/c1-2-9-22-16(13-5-7-18-8-6-13)20-21-17(22)25-12-15(23)19-11-14-4-3-10-24-14/h5-8,14H,2-4,9-12H2,1H3,(H,19,23). The molecule has 0 spiro atoms. The van der Waals surface area contributed by atoms with Crippen LogP contribution in [0.2, 0.25) is 0 Å². The summed E-state index contributed by atoms with van der Waals surface area (Å²) in [7, 11) is 0. The monoisotopic (exact) mass is 361 g/mol. The highest BCUT2D eigenvalue weighted by molar-refractivity contribution is 7.99. The Labute approximate surface area is 151 Å². The van der Waals surface area contributed by atoms with Crippen molar-refractivity contribution < 1.29 is 9.53 Å². The summed E-state index contributed by atoms with van der Waals surface area (Å²) in [5.74, 6) is 1.13. The minimum absolute atomic E-state index is 0.00277. The van der Waals surface area contributed by atoms with Gasteiger partial charge in [-0.1, -0.05) is 18.7 Å². The molecule has 3 rings (SSSR count). The van der Waals surface area contributed by atoms with Gasteiger partial charge in [0, 0.05) is 37.7 Å². The lowest BCUT2D eigenvalue weighted by atomic mass is 10.2. The van der Waals surface area contributed by atoms with E-state index in [2.05, 4.69) is 32.0 Å². The van der Waals surface area contributed by atoms with Crippen molar-refractivity contribution >= 4 is 17.7 Å². The predicted octanol–water partition coefficient (Wildman–Crippen LogP) is 2.14. The largest absolute Gasteiger partial charge is 0.376 e. The zero-order valence-corrected chi connectivity index (χ0v) is 15.2. The maximum atomic E-state index is 12.1. The highest BCUT2D eigenvalue weighted by Crippen LogP contribution is 2.23. The molecule has 1 N–H and O–H groups in total. The lowest BCUT2D eigenvalue weighted by Gasteiger charge is -2.11. The number of pyridine rings is 1. The molecule has 7 nitrogen and oxygen atoms in total. The van der Waals surface area contributed by atoms with Crippen molar-refractivity contribution in [3.05, 3.63) is 24.5 Å². The van der Waals surface area contributed by atoms with Crippen molar-refractivity contribution in [1.82, 2.24) is 25.1 Å². The maximum absolute atomic E-state index is 12.1. The summed E-state index contributed by atoms with van der Waals surface area (Å²) in [6.45, 7) is 4.31. The normalized spacial score (nSPS) is 16.9. The topological polar surface area (TPSA) is 81.9 Å². The third kappa shape index (κ3) is 4.79. The number of amides is 1. The molecule has 25 heavy (non-hydrogen) atoms. The van der Waals surface area contributed by atoms with Crippen molar-refractivity contribution in [3.63, 3.8) is 0 Å². The van der Waals surface area contributed by atoms with Gasteiger partial charge in [-0.2, -0.15) is 0 Å². The van der Waals surface area contributed by atoms with Gasteiger partial charge in [-0.3, -0.25) is 9.78 Å². The Morgan fingerprint density at radius 3 is 2.96 bits per heavy atom. The van der Waals surface area contributed by atoms with Crippen molar-refractivity contribution in [2.24, 2.45) is 0 Å². The van der Waals surface area contributed by atoms with E-state index in [0.29, 0.717) is 12.3 Å². The van der Waals surface area contributed by atoms with Gasteiger partial charge in [0.15, 0.2) is 11.0 Å². The lowest BCUT2D eigenvalue weighted by Crippen LogP contribution is -2.32. The zero-order chi connectivity index (χ0) is 17.5. The first-order chi connectivity index (χ1) is 12.3. The molecule has 0 aliphatic carbocycles. The van der Waals surface area contributed by atoms with E-state index in [1.165, 1.54) is 11.8 Å². The molecule has 1 aliphatic rings. The molecule has 1 unspecified atom stereocenters. The number of aromatic nitrogens is 4. The van der Waals surface area contributed by atoms with E-state index >= 15 is 0 Å². The third-order valence-electron chi connectivity index (χ3n) is 3.99. The first kappa shape index (κ1) is 17.9. The van der Waals surface area contributed by atoms with Gasteiger partial charge in [-0.05, 0) is 31.4 Å². The summed E-state index contributed by atoms with van der Waals surface area (Å²) < 4.78 is 7.58. The van der Waals surface area contributed by atoms with Gasteiger partial charge in [0.2, 0.25) is 5.91 Å². The molecule has 0 radical (unpaired) electrons. The molecule has 1 atom stereocenters. The van der Waals surface area contributed by atoms with Crippen LogP contribution in [-0.4, -0.2) is 50.7 Å². The number of thioether (sulfide) groups is 1. The summed E-state index contributed by atoms with van der Waals surface area (Å²) >= 11 is 1.41. The minimum atomic E-state index is -0.00277. The molecule has 1 amide bonds. The van der Waals surface area contributed by atoms with E-state index in [1.807, 2.05) is 12.1 Å². The number of rotatable bonds is 8. The van der Waals surface area contributed by atoms with Crippen LogP contribution in [0.4, 0.5) is 0 Å². The number of nitrogens with zero attached hydrogens (tertiary/aromatic N) is 4. The quantitative estimate of drug-likeness (QED) is 0.726. The van der Waals surface area contributed by atoms with Crippen LogP contribution in [0.3, 0.4) is 0 Å². The Kier molecular flexibility index (Phi) is 6.41. The number of hydrogen-bond donors (Lipinski definition) is 1. The van der Waals surface area contributed by atoms with Gasteiger partial charge in [0.05, 0.1) is 11.9 Å². The van der Waals surface area contributed by atoms with Gasteiger partial charge in [0.1, 0.15) is 0 Å². The fraction of sp³-hybridized carbons (Fsp3) is 0.529. The van der Waals surface area contributed by atoms with E-state index < -0.39 is 0 Å². The fourth-order valence-corrected chi connectivity index (χ4v) is 3.54. The van der Waals surface area contributed by atoms with Gasteiger partial charge in [0.25, 0.3) is 0 Å². The van der Waals surface area contributed by atoms with Crippen LogP contribution >= 0.6 is 11.8 Å². The fourth-order valence-electron chi connectivity index (χ4n) is 2.75. The maximum Gasteiger partial charge on any atom is 0.230 e. The molecule has 8 heteroatoms. The summed E-state index contributed by atoms with van der Waals surface area (Å²) in [5.41, 5.74) is 0.977. The van der Waals surface area contributed by atoms with E-state index in [9.17, 15) is 4.79 Å². The summed E-state index contributed by atoms with van der Waals surface area (Å²) in [6.07, 6.45) is 6.71. The van der Waals surface area contributed by atoms with E-state index in [1.54, 1.807) is 12.4 Å². The second-order valence-electron chi connectivity index (χ2n) is 5.92. The van der Waals surface area contributed by atoms with Crippen molar-refractivity contribution in [2.75, 3.05) is 18.9 Å². The highest BCUT2D eigenvalue weighted by atomic mass is 32.2. The Morgan fingerprint density at radius 2 is 2.24 bits per heavy atom. The Balaban J connectivity index is 1.60. The van der Waals surface area contributed by atoms with Crippen LogP contribution in [0, 0.1) is 0 Å². The molecule has 1 saturated heterocycles. The smallest absolute Gasteiger partial charge is 0.230 e. The number of nitrogens with one attached hydrogen (secondary N) is 1. The van der Waals surface area contributed by atoms with Crippen LogP contribution in [0.5, 0.6) is 0 Å². The van der Waals surface area contributed by atoms with Crippen LogP contribution in [-0.2, 0) is 16.1 Å². The average molecular weight is 361 g/mol. The first-order valence-corrected chi connectivity index (χ1v) is 9.61. The average Bonchev–Trinajstić information content (AvgIpc) is 3.29. The Bertz CT molecular complexity index is 686. The molecule has 1 aliphatic heterocycles. The number of carbonyl (C=O) groups is 1. The second-order valence-corrected chi connectivity index (χ2v) is 6.86. The van der Waals surface area contributed by atoms with Gasteiger partial charge in [-0.25, -0.2) is 0 Å². The Morgan fingerprint density at radius 1 is 1.40 bits per heavy atom. The molecule has 2 aromatic heterocycles. The van der Waals surface area contributed by atoms with Crippen LogP contribution < -0.4 is 5.32 Å². The molecule has 0 aromatic carbocycles. The molecular formula is C17H23N5O2S. The van der Waals surface area contributed by atoms with Crippen LogP contribution in [0.15, 0.2) is 29.7 Å². The molecule has 0 bridgehead atoms. The second kappa shape index (κ2) is 8.96. The molecule has 134 valence electrons. The summed E-state index contributed by atoms with van der Waals surface area (Å²) in [4.78, 5) is 16.1. The predicted molar refractivity (Wildman–Crippen MR) is 96.3 cm³/mol. The van der Waals surface area contributed by atoms with E-state index in [4.69, 9.17) is 4.74 Å². The molecular weight excluding hydrogens is 338 g/mol. The van der Waals surface area contributed by atoms with Gasteiger partial charge in [-0.15, -0.1) is 10.2 Å². The number of ether oxygens (including phenoxy) is 1. The molecule has 3 heterocycles. The van der Waals surface area contributed by atoms with Gasteiger partial charge >= 0.3 is 0 Å². The molecule has 1 fully saturated rings. The number of hydrogen-bond acceptors (Lipinski definition) is 6. The van der Waals surface area contributed by atoms with Crippen LogP contribution in [0.1, 0.15) is 26.2 Å². The Hall–Kier alpha value is -1.93. The number of carbonyl (C=O) groups excluding carboxylic acids is 1. The zero-order valence-electron chi connectivity index (χ0n) is 14.4.